The first-order chi connectivity index (χ1) is 11.7. The Labute approximate surface area is 140 Å². The van der Waals surface area contributed by atoms with Crippen LogP contribution in [0.3, 0.4) is 0 Å². The lowest BCUT2D eigenvalue weighted by molar-refractivity contribution is 0.0755. The summed E-state index contributed by atoms with van der Waals surface area (Å²) in [4.78, 5) is 14.6. The van der Waals surface area contributed by atoms with Crippen LogP contribution in [0.1, 0.15) is 30.1 Å². The molecule has 1 fully saturated rings. The Bertz CT molecular complexity index is 701. The lowest BCUT2D eigenvalue weighted by atomic mass is 10.1. The quantitative estimate of drug-likeness (QED) is 0.828. The Morgan fingerprint density at radius 2 is 2.38 bits per heavy atom. The number of H-pyrrole nitrogens is 1. The van der Waals surface area contributed by atoms with Crippen LogP contribution in [-0.4, -0.2) is 47.3 Å². The first-order valence-corrected chi connectivity index (χ1v) is 8.35. The zero-order chi connectivity index (χ0) is 16.9. The first-order valence-electron chi connectivity index (χ1n) is 8.35. The molecule has 1 N–H and O–H groups in total. The van der Waals surface area contributed by atoms with E-state index < -0.39 is 0 Å². The SMILES string of the molecule is CCCOC[C@H]1CCN(C(=O)c2cn[nH]c2-c2cccc(F)c2)C1. The molecular weight excluding hydrogens is 309 g/mol. The highest BCUT2D eigenvalue weighted by Crippen LogP contribution is 2.25. The number of hydrogen-bond donors (Lipinski definition) is 1. The fourth-order valence-corrected chi connectivity index (χ4v) is 3.03. The first kappa shape index (κ1) is 16.6. The minimum absolute atomic E-state index is 0.0685. The number of benzene rings is 1. The summed E-state index contributed by atoms with van der Waals surface area (Å²) in [5.74, 6) is -0.0270. The van der Waals surface area contributed by atoms with Gasteiger partial charge in [-0.25, -0.2) is 4.39 Å². The van der Waals surface area contributed by atoms with Crippen LogP contribution >= 0.6 is 0 Å². The molecule has 1 aromatic carbocycles. The number of ether oxygens (including phenoxy) is 1. The normalized spacial score (nSPS) is 17.4. The second-order valence-corrected chi connectivity index (χ2v) is 6.15. The molecular formula is C18H22FN3O2. The molecule has 1 saturated heterocycles. The van der Waals surface area contributed by atoms with Gasteiger partial charge in [0.25, 0.3) is 5.91 Å². The molecule has 1 amide bonds. The molecule has 1 aliphatic heterocycles. The van der Waals surface area contributed by atoms with Gasteiger partial charge in [-0.2, -0.15) is 5.10 Å². The Hall–Kier alpha value is -2.21. The number of nitrogens with zero attached hydrogens (tertiary/aromatic N) is 2. The molecule has 0 spiro atoms. The number of carbonyl (C=O) groups excluding carboxylic acids is 1. The maximum atomic E-state index is 13.4. The van der Waals surface area contributed by atoms with Crippen LogP contribution in [-0.2, 0) is 4.74 Å². The van der Waals surface area contributed by atoms with Crippen molar-refractivity contribution < 1.29 is 13.9 Å². The van der Waals surface area contributed by atoms with Gasteiger partial charge in [0.2, 0.25) is 0 Å². The van der Waals surface area contributed by atoms with Gasteiger partial charge in [0, 0.05) is 31.2 Å². The standard InChI is InChI=1S/C18H22FN3O2/c1-2-8-24-12-13-6-7-22(11-13)18(23)16-10-20-21-17(16)14-4-3-5-15(19)9-14/h3-5,9-10,13H,2,6-8,11-12H2,1H3,(H,20,21)/t13-/m0/s1. The van der Waals surface area contributed by atoms with E-state index in [9.17, 15) is 9.18 Å². The monoisotopic (exact) mass is 331 g/mol. The van der Waals surface area contributed by atoms with Gasteiger partial charge in [-0.3, -0.25) is 9.89 Å². The molecule has 2 aromatic rings. The number of rotatable bonds is 6. The molecule has 5 nitrogen and oxygen atoms in total. The lowest BCUT2D eigenvalue weighted by Gasteiger charge is -2.16. The largest absolute Gasteiger partial charge is 0.381 e. The summed E-state index contributed by atoms with van der Waals surface area (Å²) in [6.45, 7) is 4.94. The maximum Gasteiger partial charge on any atom is 0.257 e. The van der Waals surface area contributed by atoms with Gasteiger partial charge in [0.15, 0.2) is 0 Å². The zero-order valence-corrected chi connectivity index (χ0v) is 13.8. The summed E-state index contributed by atoms with van der Waals surface area (Å²) in [7, 11) is 0. The van der Waals surface area contributed by atoms with Crippen LogP contribution in [0.25, 0.3) is 11.3 Å². The molecule has 2 heterocycles. The van der Waals surface area contributed by atoms with Gasteiger partial charge < -0.3 is 9.64 Å². The second-order valence-electron chi connectivity index (χ2n) is 6.15. The molecule has 0 radical (unpaired) electrons. The van der Waals surface area contributed by atoms with Gasteiger partial charge in [-0.15, -0.1) is 0 Å². The van der Waals surface area contributed by atoms with Crippen molar-refractivity contribution in [2.75, 3.05) is 26.3 Å². The molecule has 1 atom stereocenters. The summed E-state index contributed by atoms with van der Waals surface area (Å²) >= 11 is 0. The molecule has 0 bridgehead atoms. The molecule has 24 heavy (non-hydrogen) atoms. The van der Waals surface area contributed by atoms with Crippen molar-refractivity contribution in [2.24, 2.45) is 5.92 Å². The molecule has 0 aliphatic carbocycles. The van der Waals surface area contributed by atoms with E-state index in [0.717, 1.165) is 19.4 Å². The van der Waals surface area contributed by atoms with E-state index in [2.05, 4.69) is 17.1 Å². The van der Waals surface area contributed by atoms with Gasteiger partial charge in [-0.1, -0.05) is 19.1 Å². The van der Waals surface area contributed by atoms with Gasteiger partial charge >= 0.3 is 0 Å². The van der Waals surface area contributed by atoms with E-state index in [1.807, 2.05) is 4.90 Å². The molecule has 3 rings (SSSR count). The zero-order valence-electron chi connectivity index (χ0n) is 13.8. The fourth-order valence-electron chi connectivity index (χ4n) is 3.03. The van der Waals surface area contributed by atoms with E-state index in [-0.39, 0.29) is 11.7 Å². The van der Waals surface area contributed by atoms with E-state index >= 15 is 0 Å². The van der Waals surface area contributed by atoms with Crippen LogP contribution in [0.2, 0.25) is 0 Å². The number of carbonyl (C=O) groups is 1. The average molecular weight is 331 g/mol. The van der Waals surface area contributed by atoms with E-state index in [1.54, 1.807) is 12.1 Å². The number of hydrogen-bond acceptors (Lipinski definition) is 3. The van der Waals surface area contributed by atoms with Crippen molar-refractivity contribution in [3.05, 3.63) is 41.8 Å². The number of aromatic amines is 1. The van der Waals surface area contributed by atoms with E-state index in [0.29, 0.717) is 42.4 Å². The van der Waals surface area contributed by atoms with Crippen molar-refractivity contribution in [1.82, 2.24) is 15.1 Å². The summed E-state index contributed by atoms with van der Waals surface area (Å²) < 4.78 is 19.0. The number of nitrogens with one attached hydrogen (secondary N) is 1. The molecule has 128 valence electrons. The fraction of sp³-hybridized carbons (Fsp3) is 0.444. The Morgan fingerprint density at radius 1 is 1.50 bits per heavy atom. The second kappa shape index (κ2) is 7.57. The summed E-state index contributed by atoms with van der Waals surface area (Å²) in [5, 5.41) is 6.80. The number of likely N-dealkylation sites (tertiary alicyclic amines) is 1. The highest BCUT2D eigenvalue weighted by Gasteiger charge is 2.29. The van der Waals surface area contributed by atoms with E-state index in [1.165, 1.54) is 18.3 Å². The van der Waals surface area contributed by atoms with E-state index in [4.69, 9.17) is 4.74 Å². The molecule has 1 aliphatic rings. The molecule has 1 aromatic heterocycles. The predicted molar refractivity (Wildman–Crippen MR) is 89.1 cm³/mol. The average Bonchev–Trinajstić information content (AvgIpc) is 3.24. The highest BCUT2D eigenvalue weighted by molar-refractivity contribution is 5.99. The Balaban J connectivity index is 1.70. The van der Waals surface area contributed by atoms with Crippen molar-refractivity contribution >= 4 is 5.91 Å². The minimum Gasteiger partial charge on any atom is -0.381 e. The molecule has 6 heteroatoms. The van der Waals surface area contributed by atoms with Gasteiger partial charge in [0.1, 0.15) is 5.82 Å². The summed E-state index contributed by atoms with van der Waals surface area (Å²) in [6.07, 6.45) is 3.47. The minimum atomic E-state index is -0.338. The molecule has 0 unspecified atom stereocenters. The summed E-state index contributed by atoms with van der Waals surface area (Å²) in [6, 6.07) is 6.16. The van der Waals surface area contributed by atoms with Crippen LogP contribution in [0.4, 0.5) is 4.39 Å². The third kappa shape index (κ3) is 3.64. The van der Waals surface area contributed by atoms with Crippen molar-refractivity contribution in [3.63, 3.8) is 0 Å². The van der Waals surface area contributed by atoms with Crippen molar-refractivity contribution in [2.45, 2.75) is 19.8 Å². The van der Waals surface area contributed by atoms with Gasteiger partial charge in [0.05, 0.1) is 24.1 Å². The lowest BCUT2D eigenvalue weighted by Crippen LogP contribution is -2.29. The third-order valence-electron chi connectivity index (χ3n) is 4.26. The van der Waals surface area contributed by atoms with Crippen molar-refractivity contribution in [3.8, 4) is 11.3 Å². The topological polar surface area (TPSA) is 58.2 Å². The van der Waals surface area contributed by atoms with Crippen molar-refractivity contribution in [1.29, 1.82) is 0 Å². The highest BCUT2D eigenvalue weighted by atomic mass is 19.1. The predicted octanol–water partition coefficient (Wildman–Crippen LogP) is 3.10. The van der Waals surface area contributed by atoms with Gasteiger partial charge in [-0.05, 0) is 25.0 Å². The van der Waals surface area contributed by atoms with Crippen LogP contribution in [0.5, 0.6) is 0 Å². The third-order valence-corrected chi connectivity index (χ3v) is 4.26. The number of amides is 1. The number of aromatic nitrogens is 2. The van der Waals surface area contributed by atoms with Crippen LogP contribution in [0, 0.1) is 11.7 Å². The number of halogens is 1. The van der Waals surface area contributed by atoms with Crippen LogP contribution in [0.15, 0.2) is 30.5 Å². The smallest absolute Gasteiger partial charge is 0.257 e. The summed E-state index contributed by atoms with van der Waals surface area (Å²) in [5.41, 5.74) is 1.67. The Kier molecular flexibility index (Phi) is 5.25. The van der Waals surface area contributed by atoms with Crippen LogP contribution < -0.4 is 0 Å². The Morgan fingerprint density at radius 3 is 3.17 bits per heavy atom. The maximum absolute atomic E-state index is 13.4. The molecule has 0 saturated carbocycles.